The third kappa shape index (κ3) is 10.8. The van der Waals surface area contributed by atoms with Gasteiger partial charge in [0.05, 0.1) is 0 Å². The molecule has 1 aromatic rings. The van der Waals surface area contributed by atoms with Crippen LogP contribution in [0.5, 0.6) is 0 Å². The first-order chi connectivity index (χ1) is 15.6. The van der Waals surface area contributed by atoms with Crippen LogP contribution in [0.3, 0.4) is 0 Å². The summed E-state index contributed by atoms with van der Waals surface area (Å²) in [7, 11) is 1.15. The number of unbranched alkanes of at least 4 members (excludes halogenated alkanes) is 1. The Morgan fingerprint density at radius 3 is 2.21 bits per heavy atom. The minimum absolute atomic E-state index is 0.0442. The van der Waals surface area contributed by atoms with Gasteiger partial charge in [-0.25, -0.2) is 19.2 Å². The summed E-state index contributed by atoms with van der Waals surface area (Å²) < 4.78 is 5.06. The highest BCUT2D eigenvalue weighted by Crippen LogP contribution is 2.08. The minimum Gasteiger partial charge on any atom is -0.481 e. The maximum Gasteiger partial charge on any atom is 0.407 e. The largest absolute Gasteiger partial charge is 0.481 e. The summed E-state index contributed by atoms with van der Waals surface area (Å²) in [4.78, 5) is 58.2. The van der Waals surface area contributed by atoms with Crippen LogP contribution in [-0.4, -0.2) is 75.9 Å². The molecule has 0 aliphatic rings. The lowest BCUT2D eigenvalue weighted by atomic mass is 10.1. The van der Waals surface area contributed by atoms with E-state index in [9.17, 15) is 34.2 Å². The summed E-state index contributed by atoms with van der Waals surface area (Å²) in [5, 5.41) is 32.1. The third-order valence-corrected chi connectivity index (χ3v) is 4.70. The second kappa shape index (κ2) is 14.3. The van der Waals surface area contributed by atoms with Gasteiger partial charge in [0.15, 0.2) is 0 Å². The number of carboxylic acid groups (broad SMARTS) is 3. The van der Waals surface area contributed by atoms with Gasteiger partial charge >= 0.3 is 30.0 Å². The van der Waals surface area contributed by atoms with Gasteiger partial charge in [-0.3, -0.25) is 4.79 Å². The monoisotopic (exact) mass is 467 g/mol. The molecule has 0 aliphatic heterocycles. The number of likely N-dealkylation sites (N-methyl/N-ethyl adjacent to an activating group) is 1. The standard InChI is InChI=1S/C21H29N3O9/c1-24(16(19(29)30)10-11-17(25)26)20(31)23-15(18(27)28)9-5-6-12-22-21(32)33-13-14-7-3-2-4-8-14/h2-4,7-8,15-16H,5-6,9-13H2,1H3,(H,22,32)(H,23,31)(H,25,26)(H,27,28)(H,29,30). The van der Waals surface area contributed by atoms with Crippen LogP contribution < -0.4 is 10.6 Å². The van der Waals surface area contributed by atoms with E-state index in [2.05, 4.69) is 10.6 Å². The number of urea groups is 1. The lowest BCUT2D eigenvalue weighted by molar-refractivity contribution is -0.143. The van der Waals surface area contributed by atoms with Gasteiger partial charge < -0.3 is 35.6 Å². The molecule has 0 bridgehead atoms. The summed E-state index contributed by atoms with van der Waals surface area (Å²) in [5.74, 6) is -3.91. The van der Waals surface area contributed by atoms with Crippen LogP contribution in [0.2, 0.25) is 0 Å². The number of benzene rings is 1. The normalized spacial score (nSPS) is 12.2. The maximum atomic E-state index is 12.3. The van der Waals surface area contributed by atoms with Crippen molar-refractivity contribution in [1.82, 2.24) is 15.5 Å². The average Bonchev–Trinajstić information content (AvgIpc) is 2.76. The molecular weight excluding hydrogens is 438 g/mol. The summed E-state index contributed by atoms with van der Waals surface area (Å²) in [6.45, 7) is 0.362. The van der Waals surface area contributed by atoms with Crippen LogP contribution in [0.1, 0.15) is 37.7 Å². The lowest BCUT2D eigenvalue weighted by Gasteiger charge is -2.26. The first-order valence-electron chi connectivity index (χ1n) is 10.3. The molecule has 182 valence electrons. The summed E-state index contributed by atoms with van der Waals surface area (Å²) >= 11 is 0. The predicted molar refractivity (Wildman–Crippen MR) is 114 cm³/mol. The highest BCUT2D eigenvalue weighted by molar-refractivity contribution is 5.86. The molecule has 0 saturated carbocycles. The Labute approximate surface area is 190 Å². The van der Waals surface area contributed by atoms with Crippen LogP contribution in [0.4, 0.5) is 9.59 Å². The average molecular weight is 467 g/mol. The van der Waals surface area contributed by atoms with Crippen molar-refractivity contribution >= 4 is 30.0 Å². The van der Waals surface area contributed by atoms with E-state index in [1.54, 1.807) is 0 Å². The quantitative estimate of drug-likeness (QED) is 0.253. The highest BCUT2D eigenvalue weighted by Gasteiger charge is 2.29. The van der Waals surface area contributed by atoms with Crippen molar-refractivity contribution < 1.29 is 44.0 Å². The van der Waals surface area contributed by atoms with Crippen LogP contribution in [-0.2, 0) is 25.7 Å². The molecule has 1 rings (SSSR count). The number of rotatable bonds is 14. The Hall–Kier alpha value is -3.83. The van der Waals surface area contributed by atoms with E-state index in [4.69, 9.17) is 9.84 Å². The molecule has 1 aromatic carbocycles. The van der Waals surface area contributed by atoms with Crippen molar-refractivity contribution in [1.29, 1.82) is 0 Å². The number of aliphatic carboxylic acids is 3. The fourth-order valence-electron chi connectivity index (χ4n) is 2.83. The molecule has 0 fully saturated rings. The van der Waals surface area contributed by atoms with Gasteiger partial charge in [-0.1, -0.05) is 30.3 Å². The zero-order valence-corrected chi connectivity index (χ0v) is 18.2. The molecule has 2 unspecified atom stereocenters. The predicted octanol–water partition coefficient (Wildman–Crippen LogP) is 1.50. The number of alkyl carbamates (subject to hydrolysis) is 1. The molecule has 0 aliphatic carbocycles. The molecule has 33 heavy (non-hydrogen) atoms. The Morgan fingerprint density at radius 1 is 0.970 bits per heavy atom. The van der Waals surface area contributed by atoms with Gasteiger partial charge in [0, 0.05) is 20.0 Å². The van der Waals surface area contributed by atoms with E-state index in [1.807, 2.05) is 30.3 Å². The Balaban J connectivity index is 2.39. The molecule has 0 saturated heterocycles. The molecule has 0 aromatic heterocycles. The number of carboxylic acids is 3. The van der Waals surface area contributed by atoms with Crippen molar-refractivity contribution in [3.05, 3.63) is 35.9 Å². The maximum absolute atomic E-state index is 12.3. The fourth-order valence-corrected chi connectivity index (χ4v) is 2.83. The van der Waals surface area contributed by atoms with Crippen molar-refractivity contribution in [3.8, 4) is 0 Å². The summed E-state index contributed by atoms with van der Waals surface area (Å²) in [6, 6.07) is 5.49. The van der Waals surface area contributed by atoms with Gasteiger partial charge in [0.25, 0.3) is 0 Å². The van der Waals surface area contributed by atoms with E-state index in [0.717, 1.165) is 17.5 Å². The van der Waals surface area contributed by atoms with Crippen LogP contribution >= 0.6 is 0 Å². The van der Waals surface area contributed by atoms with E-state index in [0.29, 0.717) is 12.8 Å². The second-order valence-electron chi connectivity index (χ2n) is 7.22. The van der Waals surface area contributed by atoms with Gasteiger partial charge in [0.2, 0.25) is 0 Å². The lowest BCUT2D eigenvalue weighted by Crippen LogP contribution is -2.52. The number of carbonyl (C=O) groups excluding carboxylic acids is 2. The molecule has 3 amide bonds. The zero-order chi connectivity index (χ0) is 24.8. The first kappa shape index (κ1) is 27.2. The molecule has 0 radical (unpaired) electrons. The van der Waals surface area contributed by atoms with Crippen LogP contribution in [0, 0.1) is 0 Å². The molecular formula is C21H29N3O9. The van der Waals surface area contributed by atoms with Crippen LogP contribution in [0.25, 0.3) is 0 Å². The number of hydrogen-bond donors (Lipinski definition) is 5. The topological polar surface area (TPSA) is 183 Å². The number of amides is 3. The van der Waals surface area contributed by atoms with Crippen molar-refractivity contribution in [2.24, 2.45) is 0 Å². The fraction of sp³-hybridized carbons (Fsp3) is 0.476. The van der Waals surface area contributed by atoms with Crippen molar-refractivity contribution in [2.45, 2.75) is 50.8 Å². The molecule has 12 heteroatoms. The van der Waals surface area contributed by atoms with Gasteiger partial charge in [-0.2, -0.15) is 0 Å². The molecule has 5 N–H and O–H groups in total. The zero-order valence-electron chi connectivity index (χ0n) is 18.2. The smallest absolute Gasteiger partial charge is 0.407 e. The molecule has 0 heterocycles. The van der Waals surface area contributed by atoms with Gasteiger partial charge in [-0.05, 0) is 31.2 Å². The summed E-state index contributed by atoms with van der Waals surface area (Å²) in [5.41, 5.74) is 0.839. The number of hydrogen-bond acceptors (Lipinski definition) is 6. The first-order valence-corrected chi connectivity index (χ1v) is 10.3. The number of carbonyl (C=O) groups is 5. The summed E-state index contributed by atoms with van der Waals surface area (Å²) in [6.07, 6.45) is -0.573. The van der Waals surface area contributed by atoms with Crippen LogP contribution in [0.15, 0.2) is 30.3 Å². The van der Waals surface area contributed by atoms with Gasteiger partial charge in [0.1, 0.15) is 18.7 Å². The molecule has 2 atom stereocenters. The minimum atomic E-state index is -1.42. The van der Waals surface area contributed by atoms with E-state index >= 15 is 0 Å². The van der Waals surface area contributed by atoms with E-state index in [-0.39, 0.29) is 26.0 Å². The Morgan fingerprint density at radius 2 is 1.64 bits per heavy atom. The number of nitrogens with zero attached hydrogens (tertiary/aromatic N) is 1. The number of nitrogens with one attached hydrogen (secondary N) is 2. The van der Waals surface area contributed by atoms with Crippen molar-refractivity contribution in [3.63, 3.8) is 0 Å². The third-order valence-electron chi connectivity index (χ3n) is 4.70. The Bertz CT molecular complexity index is 816. The molecule has 12 nitrogen and oxygen atoms in total. The highest BCUT2D eigenvalue weighted by atomic mass is 16.5. The number of ether oxygens (including phenoxy) is 1. The Kier molecular flexibility index (Phi) is 11.8. The SMILES string of the molecule is CN(C(=O)NC(CCCCNC(=O)OCc1ccccc1)C(=O)O)C(CCC(=O)O)C(=O)O. The van der Waals surface area contributed by atoms with E-state index in [1.165, 1.54) is 0 Å². The molecule has 0 spiro atoms. The van der Waals surface area contributed by atoms with Crippen molar-refractivity contribution in [2.75, 3.05) is 13.6 Å². The second-order valence-corrected chi connectivity index (χ2v) is 7.22. The van der Waals surface area contributed by atoms with Gasteiger partial charge in [-0.15, -0.1) is 0 Å². The van der Waals surface area contributed by atoms with E-state index < -0.39 is 48.5 Å².